The van der Waals surface area contributed by atoms with Crippen molar-refractivity contribution >= 4 is 0 Å². The largest absolute Gasteiger partial charge is 0.394 e. The molecule has 0 aliphatic rings. The second kappa shape index (κ2) is 13.4. The maximum absolute atomic E-state index is 9.21. The van der Waals surface area contributed by atoms with Crippen molar-refractivity contribution in [2.24, 2.45) is 5.73 Å². The SMILES string of the molecule is CCCCCCCCCCCCc1ccc(CCC(C)(N)CO)cc1. The summed E-state index contributed by atoms with van der Waals surface area (Å²) in [4.78, 5) is 0. The van der Waals surface area contributed by atoms with E-state index in [1.165, 1.54) is 81.8 Å². The van der Waals surface area contributed by atoms with Crippen LogP contribution in [0.4, 0.5) is 0 Å². The second-order valence-electron chi connectivity index (χ2n) is 8.06. The van der Waals surface area contributed by atoms with Crippen molar-refractivity contribution < 1.29 is 5.11 Å². The van der Waals surface area contributed by atoms with Gasteiger partial charge in [0, 0.05) is 5.54 Å². The van der Waals surface area contributed by atoms with Gasteiger partial charge in [0.05, 0.1) is 6.61 Å². The molecule has 2 nitrogen and oxygen atoms in total. The van der Waals surface area contributed by atoms with E-state index in [-0.39, 0.29) is 6.61 Å². The quantitative estimate of drug-likeness (QED) is 0.394. The van der Waals surface area contributed by atoms with E-state index in [0.717, 1.165) is 12.8 Å². The summed E-state index contributed by atoms with van der Waals surface area (Å²) >= 11 is 0. The van der Waals surface area contributed by atoms with Crippen LogP contribution in [-0.2, 0) is 12.8 Å². The molecule has 0 saturated carbocycles. The molecule has 0 fully saturated rings. The maximum Gasteiger partial charge on any atom is 0.0608 e. The average molecular weight is 348 g/mol. The van der Waals surface area contributed by atoms with Gasteiger partial charge in [-0.25, -0.2) is 0 Å². The van der Waals surface area contributed by atoms with Crippen LogP contribution in [0, 0.1) is 0 Å². The van der Waals surface area contributed by atoms with E-state index in [1.54, 1.807) is 0 Å². The number of hydrogen-bond acceptors (Lipinski definition) is 2. The topological polar surface area (TPSA) is 46.2 Å². The summed E-state index contributed by atoms with van der Waals surface area (Å²) < 4.78 is 0. The van der Waals surface area contributed by atoms with Crippen LogP contribution in [0.3, 0.4) is 0 Å². The summed E-state index contributed by atoms with van der Waals surface area (Å²) in [6, 6.07) is 8.96. The number of aryl methyl sites for hydroxylation is 2. The molecule has 0 radical (unpaired) electrons. The minimum Gasteiger partial charge on any atom is -0.394 e. The van der Waals surface area contributed by atoms with Gasteiger partial charge in [0.25, 0.3) is 0 Å². The molecule has 0 aromatic heterocycles. The zero-order valence-corrected chi connectivity index (χ0v) is 16.7. The molecule has 0 spiro atoms. The van der Waals surface area contributed by atoms with Gasteiger partial charge in [-0.1, -0.05) is 89.0 Å². The highest BCUT2D eigenvalue weighted by molar-refractivity contribution is 5.23. The first kappa shape index (κ1) is 22.2. The third kappa shape index (κ3) is 11.4. The molecule has 0 saturated heterocycles. The Labute approximate surface area is 156 Å². The average Bonchev–Trinajstić information content (AvgIpc) is 2.62. The zero-order valence-electron chi connectivity index (χ0n) is 16.7. The molecule has 0 amide bonds. The van der Waals surface area contributed by atoms with Crippen molar-refractivity contribution in [3.05, 3.63) is 35.4 Å². The van der Waals surface area contributed by atoms with E-state index in [2.05, 4.69) is 31.2 Å². The molecule has 3 N–H and O–H groups in total. The predicted molar refractivity (Wildman–Crippen MR) is 110 cm³/mol. The highest BCUT2D eigenvalue weighted by Crippen LogP contribution is 2.15. The van der Waals surface area contributed by atoms with Gasteiger partial charge in [0.15, 0.2) is 0 Å². The first-order valence-corrected chi connectivity index (χ1v) is 10.5. The van der Waals surface area contributed by atoms with Crippen LogP contribution < -0.4 is 5.73 Å². The Hall–Kier alpha value is -0.860. The highest BCUT2D eigenvalue weighted by Gasteiger charge is 2.16. The van der Waals surface area contributed by atoms with Crippen LogP contribution in [0.1, 0.15) is 95.6 Å². The molecule has 1 aromatic rings. The van der Waals surface area contributed by atoms with Gasteiger partial charge >= 0.3 is 0 Å². The molecule has 0 aliphatic heterocycles. The van der Waals surface area contributed by atoms with E-state index < -0.39 is 5.54 Å². The number of nitrogens with two attached hydrogens (primary N) is 1. The number of unbranched alkanes of at least 4 members (excludes halogenated alkanes) is 9. The van der Waals surface area contributed by atoms with Gasteiger partial charge in [0.1, 0.15) is 0 Å². The van der Waals surface area contributed by atoms with Crippen molar-refractivity contribution in [1.82, 2.24) is 0 Å². The molecular weight excluding hydrogens is 306 g/mol. The summed E-state index contributed by atoms with van der Waals surface area (Å²) in [6.45, 7) is 4.23. The van der Waals surface area contributed by atoms with Crippen LogP contribution in [0.25, 0.3) is 0 Å². The fourth-order valence-electron chi connectivity index (χ4n) is 3.20. The molecular formula is C23H41NO. The minimum atomic E-state index is -0.464. The smallest absolute Gasteiger partial charge is 0.0608 e. The predicted octanol–water partition coefficient (Wildman–Crippen LogP) is 5.79. The fourth-order valence-corrected chi connectivity index (χ4v) is 3.20. The van der Waals surface area contributed by atoms with E-state index in [0.29, 0.717) is 0 Å². The van der Waals surface area contributed by atoms with Crippen LogP contribution in [0.2, 0.25) is 0 Å². The number of aliphatic hydroxyl groups is 1. The Morgan fingerprint density at radius 1 is 0.760 bits per heavy atom. The van der Waals surface area contributed by atoms with Gasteiger partial charge in [-0.2, -0.15) is 0 Å². The minimum absolute atomic E-state index is 0.0455. The molecule has 144 valence electrons. The van der Waals surface area contributed by atoms with Gasteiger partial charge in [-0.15, -0.1) is 0 Å². The molecule has 25 heavy (non-hydrogen) atoms. The highest BCUT2D eigenvalue weighted by atomic mass is 16.3. The van der Waals surface area contributed by atoms with Crippen LogP contribution in [0.15, 0.2) is 24.3 Å². The monoisotopic (exact) mass is 347 g/mol. The van der Waals surface area contributed by atoms with E-state index in [9.17, 15) is 5.11 Å². The summed E-state index contributed by atoms with van der Waals surface area (Å²) in [5.41, 5.74) is 8.29. The molecule has 1 atom stereocenters. The number of aliphatic hydroxyl groups excluding tert-OH is 1. The van der Waals surface area contributed by atoms with Crippen molar-refractivity contribution in [3.63, 3.8) is 0 Å². The molecule has 0 aliphatic carbocycles. The Kier molecular flexibility index (Phi) is 11.9. The second-order valence-corrected chi connectivity index (χ2v) is 8.06. The van der Waals surface area contributed by atoms with Crippen molar-refractivity contribution in [2.75, 3.05) is 6.61 Å². The van der Waals surface area contributed by atoms with Crippen molar-refractivity contribution in [3.8, 4) is 0 Å². The van der Waals surface area contributed by atoms with Crippen molar-refractivity contribution in [2.45, 2.75) is 103 Å². The molecule has 0 bridgehead atoms. The summed E-state index contributed by atoms with van der Waals surface area (Å²) in [7, 11) is 0. The third-order valence-electron chi connectivity index (χ3n) is 5.19. The molecule has 1 rings (SSSR count). The molecule has 1 unspecified atom stereocenters. The van der Waals surface area contributed by atoms with Gasteiger partial charge in [-0.3, -0.25) is 0 Å². The molecule has 1 aromatic carbocycles. The van der Waals surface area contributed by atoms with E-state index in [1.807, 2.05) is 6.92 Å². The van der Waals surface area contributed by atoms with Crippen LogP contribution in [0.5, 0.6) is 0 Å². The van der Waals surface area contributed by atoms with E-state index in [4.69, 9.17) is 5.73 Å². The Balaban J connectivity index is 2.06. The molecule has 2 heteroatoms. The Morgan fingerprint density at radius 3 is 1.68 bits per heavy atom. The number of hydrogen-bond donors (Lipinski definition) is 2. The number of benzene rings is 1. The summed E-state index contributed by atoms with van der Waals surface area (Å²) in [5.74, 6) is 0. The lowest BCUT2D eigenvalue weighted by atomic mass is 9.94. The van der Waals surface area contributed by atoms with Gasteiger partial charge in [-0.05, 0) is 43.7 Å². The number of rotatable bonds is 15. The normalized spacial score (nSPS) is 13.8. The Bertz CT molecular complexity index is 424. The summed E-state index contributed by atoms with van der Waals surface area (Å²) in [6.07, 6.45) is 16.9. The van der Waals surface area contributed by atoms with Crippen LogP contribution in [-0.4, -0.2) is 17.3 Å². The maximum atomic E-state index is 9.21. The zero-order chi connectivity index (χ0) is 18.4. The van der Waals surface area contributed by atoms with Gasteiger partial charge < -0.3 is 10.8 Å². The lowest BCUT2D eigenvalue weighted by Crippen LogP contribution is -2.40. The fraction of sp³-hybridized carbons (Fsp3) is 0.739. The van der Waals surface area contributed by atoms with Gasteiger partial charge in [0.2, 0.25) is 0 Å². The third-order valence-corrected chi connectivity index (χ3v) is 5.19. The molecule has 0 heterocycles. The summed E-state index contributed by atoms with van der Waals surface area (Å²) in [5, 5.41) is 9.21. The first-order chi connectivity index (χ1) is 12.1. The lowest BCUT2D eigenvalue weighted by Gasteiger charge is -2.21. The Morgan fingerprint density at radius 2 is 1.20 bits per heavy atom. The van der Waals surface area contributed by atoms with Crippen LogP contribution >= 0.6 is 0 Å². The van der Waals surface area contributed by atoms with Crippen molar-refractivity contribution in [1.29, 1.82) is 0 Å². The lowest BCUT2D eigenvalue weighted by molar-refractivity contribution is 0.200. The standard InChI is InChI=1S/C23H41NO/c1-3-4-5-6-7-8-9-10-11-12-13-21-14-16-22(17-15-21)18-19-23(2,24)20-25/h14-17,25H,3-13,18-20,24H2,1-2H3. The van der Waals surface area contributed by atoms with E-state index >= 15 is 0 Å². The first-order valence-electron chi connectivity index (χ1n) is 10.5.